The van der Waals surface area contributed by atoms with Crippen LogP contribution in [-0.4, -0.2) is 56.5 Å². The van der Waals surface area contributed by atoms with Crippen molar-refractivity contribution in [2.24, 2.45) is 4.99 Å². The highest BCUT2D eigenvalue weighted by atomic mass is 16.5. The highest BCUT2D eigenvalue weighted by molar-refractivity contribution is 5.80. The number of aromatic nitrogens is 5. The van der Waals surface area contributed by atoms with E-state index in [2.05, 4.69) is 49.3 Å². The van der Waals surface area contributed by atoms with Crippen molar-refractivity contribution in [1.29, 1.82) is 0 Å². The molecular formula is C21H30N8O. The number of aryl methyl sites for hydroxylation is 2. The van der Waals surface area contributed by atoms with Crippen LogP contribution >= 0.6 is 0 Å². The summed E-state index contributed by atoms with van der Waals surface area (Å²) in [5.41, 5.74) is 2.21. The minimum atomic E-state index is 0.282. The zero-order chi connectivity index (χ0) is 20.8. The molecule has 0 radical (unpaired) electrons. The van der Waals surface area contributed by atoms with Crippen molar-refractivity contribution in [1.82, 2.24) is 34.9 Å². The molecule has 0 bridgehead atoms. The van der Waals surface area contributed by atoms with E-state index in [-0.39, 0.29) is 6.04 Å². The van der Waals surface area contributed by atoms with Crippen LogP contribution in [0.5, 0.6) is 0 Å². The molecular weight excluding hydrogens is 380 g/mol. The third-order valence-corrected chi connectivity index (χ3v) is 5.21. The number of ether oxygens (including phenoxy) is 1. The highest BCUT2D eigenvalue weighted by Gasteiger charge is 2.22. The van der Waals surface area contributed by atoms with Gasteiger partial charge in [0.25, 0.3) is 0 Å². The van der Waals surface area contributed by atoms with Crippen LogP contribution in [0.15, 0.2) is 35.6 Å². The first-order valence-electron chi connectivity index (χ1n) is 10.6. The third-order valence-electron chi connectivity index (χ3n) is 5.21. The van der Waals surface area contributed by atoms with Gasteiger partial charge in [0.05, 0.1) is 23.9 Å². The molecule has 0 saturated heterocycles. The second-order valence-corrected chi connectivity index (χ2v) is 7.48. The monoisotopic (exact) mass is 410 g/mol. The van der Waals surface area contributed by atoms with Crippen LogP contribution in [0, 0.1) is 0 Å². The second kappa shape index (κ2) is 9.71. The lowest BCUT2D eigenvalue weighted by atomic mass is 10.1. The van der Waals surface area contributed by atoms with Gasteiger partial charge in [-0.3, -0.25) is 4.99 Å². The van der Waals surface area contributed by atoms with E-state index in [1.165, 1.54) is 5.52 Å². The van der Waals surface area contributed by atoms with E-state index in [0.29, 0.717) is 6.61 Å². The Balaban J connectivity index is 1.31. The molecule has 0 saturated carbocycles. The van der Waals surface area contributed by atoms with E-state index in [1.54, 1.807) is 7.11 Å². The summed E-state index contributed by atoms with van der Waals surface area (Å²) in [5.74, 6) is 2.65. The summed E-state index contributed by atoms with van der Waals surface area (Å²) in [6.45, 7) is 5.81. The van der Waals surface area contributed by atoms with Crippen LogP contribution in [0.4, 0.5) is 0 Å². The fourth-order valence-corrected chi connectivity index (χ4v) is 3.80. The topological polar surface area (TPSA) is 94.2 Å². The van der Waals surface area contributed by atoms with Crippen LogP contribution in [0.3, 0.4) is 0 Å². The number of methoxy groups -OCH3 is 1. The zero-order valence-corrected chi connectivity index (χ0v) is 17.7. The lowest BCUT2D eigenvalue weighted by molar-refractivity contribution is 0.177. The Morgan fingerprint density at radius 3 is 3.10 bits per heavy atom. The van der Waals surface area contributed by atoms with Crippen LogP contribution in [0.25, 0.3) is 11.0 Å². The Morgan fingerprint density at radius 2 is 2.23 bits per heavy atom. The number of benzene rings is 1. The number of hydrogen-bond donors (Lipinski definition) is 2. The van der Waals surface area contributed by atoms with Crippen LogP contribution in [0.1, 0.15) is 31.4 Å². The molecule has 0 aliphatic carbocycles. The quantitative estimate of drug-likeness (QED) is 0.334. The molecule has 1 unspecified atom stereocenters. The van der Waals surface area contributed by atoms with Gasteiger partial charge < -0.3 is 19.9 Å². The van der Waals surface area contributed by atoms with Crippen molar-refractivity contribution in [2.75, 3.05) is 20.2 Å². The van der Waals surface area contributed by atoms with E-state index < -0.39 is 0 Å². The number of nitrogens with one attached hydrogen (secondary N) is 2. The molecule has 3 aromatic rings. The van der Waals surface area contributed by atoms with E-state index in [9.17, 15) is 0 Å². The van der Waals surface area contributed by atoms with Crippen molar-refractivity contribution in [3.8, 4) is 0 Å². The Kier molecular flexibility index (Phi) is 6.58. The number of hydrogen-bond acceptors (Lipinski definition) is 5. The minimum Gasteiger partial charge on any atom is -0.377 e. The number of imidazole rings is 1. The maximum absolute atomic E-state index is 5.15. The summed E-state index contributed by atoms with van der Waals surface area (Å²) in [7, 11) is 1.67. The summed E-state index contributed by atoms with van der Waals surface area (Å²) in [4.78, 5) is 13.8. The van der Waals surface area contributed by atoms with E-state index in [4.69, 9.17) is 9.73 Å². The molecule has 9 heteroatoms. The van der Waals surface area contributed by atoms with Gasteiger partial charge >= 0.3 is 0 Å². The molecule has 1 aromatic carbocycles. The summed E-state index contributed by atoms with van der Waals surface area (Å²) in [6.07, 6.45) is 4.78. The molecule has 1 atom stereocenters. The minimum absolute atomic E-state index is 0.282. The molecule has 0 spiro atoms. The van der Waals surface area contributed by atoms with E-state index in [1.807, 2.05) is 23.1 Å². The van der Waals surface area contributed by atoms with Gasteiger partial charge in [-0.25, -0.2) is 14.6 Å². The SMILES string of the molecule is CCNC(=NCCCn1cnc2ccccc21)NC1CCc2nc(COC)nn2C1. The number of para-hydroxylation sites is 2. The fourth-order valence-electron chi connectivity index (χ4n) is 3.80. The van der Waals surface area contributed by atoms with Crippen molar-refractivity contribution in [2.45, 2.75) is 51.9 Å². The molecule has 160 valence electrons. The third kappa shape index (κ3) is 4.79. The molecule has 2 aromatic heterocycles. The van der Waals surface area contributed by atoms with Gasteiger partial charge in [-0.1, -0.05) is 12.1 Å². The molecule has 0 fully saturated rings. The molecule has 1 aliphatic heterocycles. The molecule has 0 amide bonds. The molecule has 9 nitrogen and oxygen atoms in total. The lowest BCUT2D eigenvalue weighted by Gasteiger charge is -2.25. The number of fused-ring (bicyclic) bond motifs is 2. The average Bonchev–Trinajstić information content (AvgIpc) is 3.35. The van der Waals surface area contributed by atoms with Crippen molar-refractivity contribution in [3.63, 3.8) is 0 Å². The number of nitrogens with zero attached hydrogens (tertiary/aromatic N) is 6. The van der Waals surface area contributed by atoms with Gasteiger partial charge in [0.2, 0.25) is 0 Å². The number of aliphatic imine (C=N–C) groups is 1. The average molecular weight is 411 g/mol. The number of guanidine groups is 1. The van der Waals surface area contributed by atoms with Gasteiger partial charge in [0.15, 0.2) is 11.8 Å². The van der Waals surface area contributed by atoms with Crippen molar-refractivity contribution < 1.29 is 4.74 Å². The first-order chi connectivity index (χ1) is 14.8. The summed E-state index contributed by atoms with van der Waals surface area (Å²) >= 11 is 0. The van der Waals surface area contributed by atoms with Gasteiger partial charge in [-0.2, -0.15) is 5.10 Å². The summed E-state index contributed by atoms with van der Waals surface area (Å²) < 4.78 is 9.33. The highest BCUT2D eigenvalue weighted by Crippen LogP contribution is 2.14. The Labute approximate surface area is 176 Å². The first-order valence-corrected chi connectivity index (χ1v) is 10.6. The predicted octanol–water partition coefficient (Wildman–Crippen LogP) is 1.73. The van der Waals surface area contributed by atoms with Gasteiger partial charge in [0, 0.05) is 39.2 Å². The van der Waals surface area contributed by atoms with Crippen molar-refractivity contribution in [3.05, 3.63) is 42.2 Å². The summed E-state index contributed by atoms with van der Waals surface area (Å²) in [5, 5.41) is 11.5. The van der Waals surface area contributed by atoms with Gasteiger partial charge in [-0.05, 0) is 31.9 Å². The molecule has 4 rings (SSSR count). The van der Waals surface area contributed by atoms with Crippen LogP contribution < -0.4 is 10.6 Å². The maximum atomic E-state index is 5.15. The zero-order valence-electron chi connectivity index (χ0n) is 17.7. The van der Waals surface area contributed by atoms with Crippen LogP contribution in [0.2, 0.25) is 0 Å². The summed E-state index contributed by atoms with van der Waals surface area (Å²) in [6, 6.07) is 8.50. The first kappa shape index (κ1) is 20.3. The van der Waals surface area contributed by atoms with Crippen molar-refractivity contribution >= 4 is 17.0 Å². The standard InChI is InChI=1S/C21H30N8O/c1-3-22-21(23-11-6-12-28-15-24-17-7-4-5-8-18(17)28)25-16-9-10-20-26-19(14-30-2)27-29(20)13-16/h4-5,7-8,15-16H,3,6,9-14H2,1-2H3,(H2,22,23,25). The Bertz CT molecular complexity index is 992. The second-order valence-electron chi connectivity index (χ2n) is 7.48. The van der Waals surface area contributed by atoms with Gasteiger partial charge in [-0.15, -0.1) is 0 Å². The largest absolute Gasteiger partial charge is 0.377 e. The molecule has 3 heterocycles. The normalized spacial score (nSPS) is 16.6. The molecule has 2 N–H and O–H groups in total. The van der Waals surface area contributed by atoms with E-state index in [0.717, 1.165) is 68.6 Å². The number of rotatable bonds is 8. The van der Waals surface area contributed by atoms with Crippen LogP contribution in [-0.2, 0) is 30.9 Å². The Morgan fingerprint density at radius 1 is 1.33 bits per heavy atom. The maximum Gasteiger partial charge on any atom is 0.191 e. The smallest absolute Gasteiger partial charge is 0.191 e. The van der Waals surface area contributed by atoms with Gasteiger partial charge in [0.1, 0.15) is 12.4 Å². The Hall–Kier alpha value is -2.94. The molecule has 30 heavy (non-hydrogen) atoms. The lowest BCUT2D eigenvalue weighted by Crippen LogP contribution is -2.47. The predicted molar refractivity (Wildman–Crippen MR) is 116 cm³/mol. The van der Waals surface area contributed by atoms with E-state index >= 15 is 0 Å². The molecule has 1 aliphatic rings. The fraction of sp³-hybridized carbons (Fsp3) is 0.524.